The molecule has 5 nitrogen and oxygen atoms in total. The molecule has 5 heteroatoms. The Kier molecular flexibility index (Phi) is 4.55. The average Bonchev–Trinajstić information content (AvgIpc) is 3.55. The molecule has 146 valence electrons. The van der Waals surface area contributed by atoms with Gasteiger partial charge in [-0.25, -0.2) is 0 Å². The van der Waals surface area contributed by atoms with Gasteiger partial charge in [-0.2, -0.15) is 0 Å². The summed E-state index contributed by atoms with van der Waals surface area (Å²) >= 11 is 0. The molecule has 1 saturated heterocycles. The van der Waals surface area contributed by atoms with Gasteiger partial charge in [0.1, 0.15) is 11.4 Å². The first-order valence-corrected chi connectivity index (χ1v) is 10.4. The molecular formula is C23H27N3O2. The number of ether oxygens (including phenoxy) is 1. The molecule has 1 aromatic heterocycles. The van der Waals surface area contributed by atoms with Crippen molar-refractivity contribution in [1.29, 1.82) is 0 Å². The fourth-order valence-corrected chi connectivity index (χ4v) is 4.60. The number of aromatic nitrogens is 1. The molecule has 3 heterocycles. The minimum absolute atomic E-state index is 0.0346. The van der Waals surface area contributed by atoms with Crippen molar-refractivity contribution in [3.05, 3.63) is 59.9 Å². The summed E-state index contributed by atoms with van der Waals surface area (Å²) in [5, 5.41) is 3.24. The summed E-state index contributed by atoms with van der Waals surface area (Å²) in [7, 11) is 0. The van der Waals surface area contributed by atoms with E-state index in [2.05, 4.69) is 21.3 Å². The van der Waals surface area contributed by atoms with Crippen molar-refractivity contribution < 1.29 is 9.53 Å². The van der Waals surface area contributed by atoms with Gasteiger partial charge in [-0.1, -0.05) is 18.2 Å². The minimum atomic E-state index is -0.179. The lowest BCUT2D eigenvalue weighted by Gasteiger charge is -2.47. The van der Waals surface area contributed by atoms with Crippen molar-refractivity contribution >= 4 is 5.91 Å². The van der Waals surface area contributed by atoms with Crippen LogP contribution >= 0.6 is 0 Å². The molecule has 1 spiro atoms. The van der Waals surface area contributed by atoms with Crippen LogP contribution in [0.3, 0.4) is 0 Å². The molecule has 2 fully saturated rings. The number of nitrogens with zero attached hydrogens (tertiary/aromatic N) is 2. The van der Waals surface area contributed by atoms with E-state index < -0.39 is 0 Å². The number of pyridine rings is 1. The predicted molar refractivity (Wildman–Crippen MR) is 107 cm³/mol. The van der Waals surface area contributed by atoms with E-state index in [-0.39, 0.29) is 17.6 Å². The van der Waals surface area contributed by atoms with Crippen molar-refractivity contribution in [3.63, 3.8) is 0 Å². The van der Waals surface area contributed by atoms with Crippen LogP contribution in [0.2, 0.25) is 0 Å². The fraction of sp³-hybridized carbons (Fsp3) is 0.478. The molecule has 0 radical (unpaired) electrons. The standard InChI is InChI=1S/C23H27N3O2/c27-22(18-4-3-11-24-15-18)25-20-14-23(28-21-6-2-1-5-19(20)21)9-12-26(13-10-23)16-17-7-8-17/h1-6,11,15,17,20H,7-10,12-14,16H2,(H,25,27). The van der Waals surface area contributed by atoms with Gasteiger partial charge < -0.3 is 15.0 Å². The van der Waals surface area contributed by atoms with Gasteiger partial charge in [-0.05, 0) is 49.8 Å². The molecule has 1 amide bonds. The summed E-state index contributed by atoms with van der Waals surface area (Å²) in [6, 6.07) is 11.7. The zero-order valence-corrected chi connectivity index (χ0v) is 16.1. The number of amides is 1. The van der Waals surface area contributed by atoms with Gasteiger partial charge in [-0.3, -0.25) is 9.78 Å². The Morgan fingerprint density at radius 2 is 2.00 bits per heavy atom. The van der Waals surface area contributed by atoms with Crippen molar-refractivity contribution in [3.8, 4) is 5.75 Å². The van der Waals surface area contributed by atoms with Crippen LogP contribution < -0.4 is 10.1 Å². The third kappa shape index (κ3) is 3.63. The molecule has 1 aliphatic carbocycles. The van der Waals surface area contributed by atoms with Crippen molar-refractivity contribution in [2.24, 2.45) is 5.92 Å². The third-order valence-corrected chi connectivity index (χ3v) is 6.41. The van der Waals surface area contributed by atoms with E-state index in [0.29, 0.717) is 5.56 Å². The number of para-hydroxylation sites is 1. The van der Waals surface area contributed by atoms with Crippen LogP contribution in [0, 0.1) is 5.92 Å². The van der Waals surface area contributed by atoms with Gasteiger partial charge >= 0.3 is 0 Å². The van der Waals surface area contributed by atoms with Gasteiger partial charge in [-0.15, -0.1) is 0 Å². The first-order chi connectivity index (χ1) is 13.7. The first-order valence-electron chi connectivity index (χ1n) is 10.4. The highest BCUT2D eigenvalue weighted by atomic mass is 16.5. The molecule has 1 unspecified atom stereocenters. The first kappa shape index (κ1) is 17.7. The van der Waals surface area contributed by atoms with Crippen LogP contribution in [0.25, 0.3) is 0 Å². The molecule has 1 aromatic carbocycles. The van der Waals surface area contributed by atoms with E-state index in [1.165, 1.54) is 19.4 Å². The normalized spacial score (nSPS) is 23.6. The van der Waals surface area contributed by atoms with Crippen LogP contribution in [-0.4, -0.2) is 41.0 Å². The number of piperidine rings is 1. The molecule has 5 rings (SSSR count). The lowest BCUT2D eigenvalue weighted by Crippen LogP contribution is -2.52. The Bertz CT molecular complexity index is 842. The highest BCUT2D eigenvalue weighted by molar-refractivity contribution is 5.94. The van der Waals surface area contributed by atoms with E-state index >= 15 is 0 Å². The Hall–Kier alpha value is -2.40. The second-order valence-corrected chi connectivity index (χ2v) is 8.54. The van der Waals surface area contributed by atoms with Gasteiger partial charge in [0.2, 0.25) is 0 Å². The fourth-order valence-electron chi connectivity index (χ4n) is 4.60. The number of carbonyl (C=O) groups is 1. The lowest BCUT2D eigenvalue weighted by atomic mass is 9.80. The maximum Gasteiger partial charge on any atom is 0.253 e. The van der Waals surface area contributed by atoms with Crippen LogP contribution in [0.5, 0.6) is 5.75 Å². The van der Waals surface area contributed by atoms with Crippen LogP contribution in [0.4, 0.5) is 0 Å². The maximum atomic E-state index is 12.8. The number of carbonyl (C=O) groups excluding carboxylic acids is 1. The highest BCUT2D eigenvalue weighted by Gasteiger charge is 2.44. The van der Waals surface area contributed by atoms with Crippen molar-refractivity contribution in [1.82, 2.24) is 15.2 Å². The predicted octanol–water partition coefficient (Wildman–Crippen LogP) is 3.58. The molecule has 28 heavy (non-hydrogen) atoms. The number of hydrogen-bond acceptors (Lipinski definition) is 4. The van der Waals surface area contributed by atoms with Crippen LogP contribution in [0.15, 0.2) is 48.8 Å². The Labute approximate surface area is 166 Å². The second kappa shape index (κ2) is 7.21. The number of hydrogen-bond donors (Lipinski definition) is 1. The smallest absolute Gasteiger partial charge is 0.253 e. The Morgan fingerprint density at radius 3 is 2.75 bits per heavy atom. The van der Waals surface area contributed by atoms with E-state index in [1.807, 2.05) is 18.2 Å². The van der Waals surface area contributed by atoms with E-state index in [9.17, 15) is 4.79 Å². The SMILES string of the molecule is O=C(NC1CC2(CCN(CC3CC3)CC2)Oc2ccccc21)c1cccnc1. The summed E-state index contributed by atoms with van der Waals surface area (Å²) in [4.78, 5) is 19.4. The molecule has 0 bridgehead atoms. The second-order valence-electron chi connectivity index (χ2n) is 8.54. The number of benzene rings is 1. The van der Waals surface area contributed by atoms with E-state index in [4.69, 9.17) is 4.74 Å². The molecule has 1 saturated carbocycles. The maximum absolute atomic E-state index is 12.8. The Morgan fingerprint density at radius 1 is 1.18 bits per heavy atom. The summed E-state index contributed by atoms with van der Waals surface area (Å²) in [5.41, 5.74) is 1.49. The molecule has 1 atom stereocenters. The molecule has 3 aliphatic rings. The summed E-state index contributed by atoms with van der Waals surface area (Å²) < 4.78 is 6.56. The average molecular weight is 377 g/mol. The number of nitrogens with one attached hydrogen (secondary N) is 1. The zero-order valence-electron chi connectivity index (χ0n) is 16.1. The van der Waals surface area contributed by atoms with Crippen LogP contribution in [0.1, 0.15) is 54.1 Å². The number of fused-ring (bicyclic) bond motifs is 1. The zero-order chi connectivity index (χ0) is 19.0. The largest absolute Gasteiger partial charge is 0.487 e. The summed E-state index contributed by atoms with van der Waals surface area (Å²) in [6.07, 6.45) is 8.97. The van der Waals surface area contributed by atoms with Crippen molar-refractivity contribution in [2.45, 2.75) is 43.7 Å². The summed E-state index contributed by atoms with van der Waals surface area (Å²) in [6.45, 7) is 3.41. The highest BCUT2D eigenvalue weighted by Crippen LogP contribution is 2.44. The number of rotatable bonds is 4. The topological polar surface area (TPSA) is 54.5 Å². The monoisotopic (exact) mass is 377 g/mol. The van der Waals surface area contributed by atoms with E-state index in [1.54, 1.807) is 24.5 Å². The lowest BCUT2D eigenvalue weighted by molar-refractivity contribution is -0.0254. The minimum Gasteiger partial charge on any atom is -0.487 e. The summed E-state index contributed by atoms with van der Waals surface area (Å²) in [5.74, 6) is 1.77. The van der Waals surface area contributed by atoms with Crippen LogP contribution in [-0.2, 0) is 0 Å². The molecule has 1 N–H and O–H groups in total. The molecular weight excluding hydrogens is 350 g/mol. The molecule has 2 aliphatic heterocycles. The van der Waals surface area contributed by atoms with Gasteiger partial charge in [0.05, 0.1) is 11.6 Å². The van der Waals surface area contributed by atoms with Gasteiger partial charge in [0.25, 0.3) is 5.91 Å². The third-order valence-electron chi connectivity index (χ3n) is 6.41. The molecule has 2 aromatic rings. The van der Waals surface area contributed by atoms with Crippen molar-refractivity contribution in [2.75, 3.05) is 19.6 Å². The Balaban J connectivity index is 1.34. The van der Waals surface area contributed by atoms with Gasteiger partial charge in [0.15, 0.2) is 0 Å². The van der Waals surface area contributed by atoms with E-state index in [0.717, 1.165) is 49.6 Å². The quantitative estimate of drug-likeness (QED) is 0.885. The van der Waals surface area contributed by atoms with Gasteiger partial charge in [0, 0.05) is 44.0 Å². The number of likely N-dealkylation sites (tertiary alicyclic amines) is 1.